The number of hydrogen-bond donors (Lipinski definition) is 1. The predicted octanol–water partition coefficient (Wildman–Crippen LogP) is 6.19. The van der Waals surface area contributed by atoms with Crippen LogP contribution >= 0.6 is 0 Å². The van der Waals surface area contributed by atoms with Gasteiger partial charge >= 0.3 is 13.2 Å². The largest absolute Gasteiger partial charge is 0.492 e. The molecule has 39 heavy (non-hydrogen) atoms. The Hall–Kier alpha value is -3.75. The standard InChI is InChI=1S/C31H31BFNO5/c1-30(2)31(3,4)39-32(38-30)22(16-21-14-13-20(18-35)15-28(21)33)17-34-29(36)37-19-27-25-11-7-5-9-23(25)24-10-6-8-12-26(24)27/h5-16,18,27H,17,19H2,1-4H3,(H,34,36). The lowest BCUT2D eigenvalue weighted by atomic mass is 9.77. The molecule has 8 heteroatoms. The molecule has 1 amide bonds. The lowest BCUT2D eigenvalue weighted by molar-refractivity contribution is 0.00578. The fraction of sp³-hybridized carbons (Fsp3) is 0.290. The molecule has 2 aliphatic rings. The van der Waals surface area contributed by atoms with Crippen LogP contribution in [0.15, 0.2) is 72.2 Å². The van der Waals surface area contributed by atoms with Crippen molar-refractivity contribution in [2.45, 2.75) is 44.8 Å². The van der Waals surface area contributed by atoms with Crippen molar-refractivity contribution in [3.8, 4) is 11.1 Å². The first-order valence-corrected chi connectivity index (χ1v) is 13.0. The maximum atomic E-state index is 14.7. The summed E-state index contributed by atoms with van der Waals surface area (Å²) in [4.78, 5) is 23.9. The maximum Gasteiger partial charge on any atom is 0.492 e. The molecule has 0 unspecified atom stereocenters. The first-order chi connectivity index (χ1) is 18.6. The van der Waals surface area contributed by atoms with Crippen LogP contribution in [0.1, 0.15) is 60.7 Å². The van der Waals surface area contributed by atoms with Crippen molar-refractivity contribution in [2.75, 3.05) is 13.2 Å². The van der Waals surface area contributed by atoms with Gasteiger partial charge in [0, 0.05) is 23.6 Å². The molecule has 0 spiro atoms. The van der Waals surface area contributed by atoms with Crippen molar-refractivity contribution in [3.63, 3.8) is 0 Å². The predicted molar refractivity (Wildman–Crippen MR) is 149 cm³/mol. The molecule has 1 N–H and O–H groups in total. The molecule has 0 aromatic heterocycles. The molecule has 0 atom stereocenters. The van der Waals surface area contributed by atoms with Gasteiger partial charge in [0.1, 0.15) is 18.7 Å². The fourth-order valence-corrected chi connectivity index (χ4v) is 4.95. The van der Waals surface area contributed by atoms with Crippen molar-refractivity contribution >= 4 is 25.6 Å². The molecule has 5 rings (SSSR count). The van der Waals surface area contributed by atoms with Gasteiger partial charge < -0.3 is 19.4 Å². The van der Waals surface area contributed by atoms with Crippen LogP contribution < -0.4 is 5.32 Å². The van der Waals surface area contributed by atoms with E-state index in [0.29, 0.717) is 11.8 Å². The number of nitrogens with one attached hydrogen (secondary N) is 1. The van der Waals surface area contributed by atoms with Crippen LogP contribution in [0.2, 0.25) is 0 Å². The van der Waals surface area contributed by atoms with E-state index in [1.165, 1.54) is 18.2 Å². The van der Waals surface area contributed by atoms with Gasteiger partial charge in [0.25, 0.3) is 0 Å². The van der Waals surface area contributed by atoms with Crippen molar-refractivity contribution in [3.05, 3.63) is 100 Å². The SMILES string of the molecule is CC1(C)OB(C(=Cc2ccc(C=O)cc2F)CNC(=O)OCC2c3ccccc3-c3ccccc32)OC1(C)C. The second-order valence-electron chi connectivity index (χ2n) is 10.9. The van der Waals surface area contributed by atoms with E-state index in [4.69, 9.17) is 14.0 Å². The Morgan fingerprint density at radius 2 is 1.56 bits per heavy atom. The van der Waals surface area contributed by atoms with Crippen LogP contribution in [-0.2, 0) is 14.0 Å². The number of carbonyl (C=O) groups excluding carboxylic acids is 2. The van der Waals surface area contributed by atoms with Crippen molar-refractivity contribution in [1.82, 2.24) is 5.32 Å². The fourth-order valence-electron chi connectivity index (χ4n) is 4.95. The van der Waals surface area contributed by atoms with Crippen LogP contribution in [0.5, 0.6) is 0 Å². The molecule has 6 nitrogen and oxygen atoms in total. The van der Waals surface area contributed by atoms with E-state index >= 15 is 0 Å². The normalized spacial score (nSPS) is 17.5. The Kier molecular flexibility index (Phi) is 7.18. The number of fused-ring (bicyclic) bond motifs is 3. The van der Waals surface area contributed by atoms with Gasteiger partial charge in [0.05, 0.1) is 11.2 Å². The Morgan fingerprint density at radius 3 is 2.13 bits per heavy atom. The van der Waals surface area contributed by atoms with Gasteiger partial charge in [-0.1, -0.05) is 66.7 Å². The van der Waals surface area contributed by atoms with E-state index in [1.54, 1.807) is 6.08 Å². The summed E-state index contributed by atoms with van der Waals surface area (Å²) >= 11 is 0. The maximum absolute atomic E-state index is 14.7. The zero-order chi connectivity index (χ0) is 27.8. The Balaban J connectivity index is 1.32. The van der Waals surface area contributed by atoms with E-state index < -0.39 is 30.2 Å². The summed E-state index contributed by atoms with van der Waals surface area (Å²) in [5.74, 6) is -0.624. The first kappa shape index (κ1) is 26.8. The smallest absolute Gasteiger partial charge is 0.449 e. The van der Waals surface area contributed by atoms with Crippen molar-refractivity contribution < 1.29 is 28.0 Å². The molecule has 3 aromatic carbocycles. The summed E-state index contributed by atoms with van der Waals surface area (Å²) in [5, 5.41) is 2.78. The van der Waals surface area contributed by atoms with Gasteiger partial charge in [-0.15, -0.1) is 0 Å². The summed E-state index contributed by atoms with van der Waals surface area (Å²) in [6, 6.07) is 20.5. The summed E-state index contributed by atoms with van der Waals surface area (Å²) in [6.45, 7) is 7.87. The first-order valence-electron chi connectivity index (χ1n) is 13.0. The van der Waals surface area contributed by atoms with E-state index in [-0.39, 0.29) is 30.2 Å². The van der Waals surface area contributed by atoms with E-state index in [0.717, 1.165) is 22.3 Å². The molecule has 0 saturated carbocycles. The minimum absolute atomic E-state index is 0.0162. The summed E-state index contributed by atoms with van der Waals surface area (Å²) in [7, 11) is -0.811. The van der Waals surface area contributed by atoms with Gasteiger partial charge in [-0.25, -0.2) is 9.18 Å². The lowest BCUT2D eigenvalue weighted by Crippen LogP contribution is -2.41. The quantitative estimate of drug-likeness (QED) is 0.293. The van der Waals surface area contributed by atoms with Gasteiger partial charge in [0.15, 0.2) is 0 Å². The van der Waals surface area contributed by atoms with Crippen LogP contribution in [-0.4, -0.2) is 43.9 Å². The highest BCUT2D eigenvalue weighted by Gasteiger charge is 2.52. The molecular formula is C31H31BFNO5. The summed E-state index contributed by atoms with van der Waals surface area (Å²) in [5.41, 5.74) is 4.29. The Morgan fingerprint density at radius 1 is 0.974 bits per heavy atom. The van der Waals surface area contributed by atoms with E-state index in [1.807, 2.05) is 52.0 Å². The van der Waals surface area contributed by atoms with Gasteiger partial charge in [-0.3, -0.25) is 4.79 Å². The van der Waals surface area contributed by atoms with Crippen molar-refractivity contribution in [1.29, 1.82) is 0 Å². The third-order valence-electron chi connectivity index (χ3n) is 7.84. The molecule has 0 bridgehead atoms. The van der Waals surface area contributed by atoms with Gasteiger partial charge in [-0.05, 0) is 61.5 Å². The molecule has 1 heterocycles. The second kappa shape index (κ2) is 10.4. The molecule has 1 aliphatic heterocycles. The Labute approximate surface area is 228 Å². The monoisotopic (exact) mass is 527 g/mol. The second-order valence-corrected chi connectivity index (χ2v) is 10.9. The third-order valence-corrected chi connectivity index (χ3v) is 7.84. The van der Waals surface area contributed by atoms with E-state index in [9.17, 15) is 14.0 Å². The molecule has 0 radical (unpaired) electrons. The molecule has 1 saturated heterocycles. The highest BCUT2D eigenvalue weighted by atomic mass is 19.1. The van der Waals surface area contributed by atoms with E-state index in [2.05, 4.69) is 29.6 Å². The number of benzene rings is 3. The number of carbonyl (C=O) groups is 2. The lowest BCUT2D eigenvalue weighted by Gasteiger charge is -2.32. The Bertz CT molecular complexity index is 1390. The molecule has 3 aromatic rings. The number of amides is 1. The minimum atomic E-state index is -0.811. The molecule has 200 valence electrons. The number of ether oxygens (including phenoxy) is 1. The van der Waals surface area contributed by atoms with Crippen LogP contribution in [0.3, 0.4) is 0 Å². The number of aldehydes is 1. The molecule has 1 fully saturated rings. The number of halogens is 1. The highest BCUT2D eigenvalue weighted by Crippen LogP contribution is 2.44. The number of hydrogen-bond acceptors (Lipinski definition) is 5. The molecule has 1 aliphatic carbocycles. The van der Waals surface area contributed by atoms with Crippen molar-refractivity contribution in [2.24, 2.45) is 0 Å². The zero-order valence-electron chi connectivity index (χ0n) is 22.5. The van der Waals surface area contributed by atoms with Gasteiger partial charge in [-0.2, -0.15) is 0 Å². The van der Waals surface area contributed by atoms with Crippen LogP contribution in [0.25, 0.3) is 17.2 Å². The summed E-state index contributed by atoms with van der Waals surface area (Å²) in [6.07, 6.45) is 1.57. The summed E-state index contributed by atoms with van der Waals surface area (Å²) < 4.78 is 32.7. The highest BCUT2D eigenvalue weighted by molar-refractivity contribution is 6.56. The number of rotatable bonds is 7. The third kappa shape index (κ3) is 5.27. The van der Waals surface area contributed by atoms with Crippen LogP contribution in [0.4, 0.5) is 9.18 Å². The average Bonchev–Trinajstić information content (AvgIpc) is 3.35. The number of alkyl carbamates (subject to hydrolysis) is 1. The topological polar surface area (TPSA) is 73.9 Å². The van der Waals surface area contributed by atoms with Gasteiger partial charge in [0.2, 0.25) is 0 Å². The van der Waals surface area contributed by atoms with Crippen LogP contribution in [0, 0.1) is 5.82 Å². The molecular weight excluding hydrogens is 496 g/mol. The average molecular weight is 527 g/mol. The zero-order valence-corrected chi connectivity index (χ0v) is 22.5. The minimum Gasteiger partial charge on any atom is -0.449 e.